The summed E-state index contributed by atoms with van der Waals surface area (Å²) in [5.41, 5.74) is 0.876. The molecule has 0 saturated heterocycles. The second kappa shape index (κ2) is 5.30. The van der Waals surface area contributed by atoms with E-state index in [2.05, 4.69) is 15.5 Å². The van der Waals surface area contributed by atoms with E-state index in [9.17, 15) is 9.90 Å². The molecule has 1 aromatic heterocycles. The molecule has 1 heterocycles. The Kier molecular flexibility index (Phi) is 4.24. The third-order valence-corrected chi connectivity index (χ3v) is 2.86. The van der Waals surface area contributed by atoms with Crippen molar-refractivity contribution in [3.8, 4) is 0 Å². The van der Waals surface area contributed by atoms with Gasteiger partial charge in [-0.25, -0.2) is 4.79 Å². The fourth-order valence-corrected chi connectivity index (χ4v) is 1.62. The van der Waals surface area contributed by atoms with E-state index in [4.69, 9.17) is 5.11 Å². The number of aromatic carboxylic acids is 1. The van der Waals surface area contributed by atoms with Crippen LogP contribution in [-0.2, 0) is 0 Å². The second-order valence-electron chi connectivity index (χ2n) is 4.92. The van der Waals surface area contributed by atoms with Crippen LogP contribution in [0.5, 0.6) is 0 Å². The summed E-state index contributed by atoms with van der Waals surface area (Å²) in [5.74, 6) is -0.795. The molecule has 1 rings (SSSR count). The molecule has 0 aliphatic rings. The first kappa shape index (κ1) is 14.4. The molecule has 0 aliphatic heterocycles. The number of aliphatic hydroxyl groups excluding tert-OH is 1. The summed E-state index contributed by atoms with van der Waals surface area (Å²) in [4.78, 5) is 11.3. The van der Waals surface area contributed by atoms with Crippen LogP contribution in [0.4, 0.5) is 5.82 Å². The summed E-state index contributed by atoms with van der Waals surface area (Å²) in [6.07, 6.45) is 0.487. The van der Waals surface area contributed by atoms with Gasteiger partial charge in [-0.1, -0.05) is 0 Å². The van der Waals surface area contributed by atoms with Crippen molar-refractivity contribution in [2.45, 2.75) is 39.7 Å². The zero-order chi connectivity index (χ0) is 13.9. The maximum Gasteiger partial charge on any atom is 0.339 e. The van der Waals surface area contributed by atoms with Crippen LogP contribution in [0.25, 0.3) is 0 Å². The molecule has 0 unspecified atom stereocenters. The van der Waals surface area contributed by atoms with Gasteiger partial charge in [-0.3, -0.25) is 0 Å². The lowest BCUT2D eigenvalue weighted by Gasteiger charge is -2.26. The third kappa shape index (κ3) is 3.16. The number of aliphatic hydroxyl groups is 1. The molecule has 6 nitrogen and oxygen atoms in total. The highest BCUT2D eigenvalue weighted by Crippen LogP contribution is 2.23. The van der Waals surface area contributed by atoms with Crippen LogP contribution in [-0.4, -0.2) is 38.5 Å². The van der Waals surface area contributed by atoms with E-state index < -0.39 is 11.5 Å². The van der Waals surface area contributed by atoms with Crippen molar-refractivity contribution in [3.63, 3.8) is 0 Å². The average molecular weight is 253 g/mol. The van der Waals surface area contributed by atoms with Gasteiger partial charge in [0.15, 0.2) is 5.82 Å². The Morgan fingerprint density at radius 2 is 1.94 bits per heavy atom. The molecule has 0 atom stereocenters. The zero-order valence-corrected chi connectivity index (χ0v) is 11.1. The number of carboxylic acids is 1. The standard InChI is InChI=1S/C12H19N3O3/c1-7-8(2)14-15-10(9(7)11(17)18)13-12(3,4)5-6-16/h16H,5-6H2,1-4H3,(H,13,15)(H,17,18). The predicted octanol–water partition coefficient (Wildman–Crippen LogP) is 1.36. The summed E-state index contributed by atoms with van der Waals surface area (Å²) in [6, 6.07) is 0. The monoisotopic (exact) mass is 253 g/mol. The molecule has 0 bridgehead atoms. The first-order valence-electron chi connectivity index (χ1n) is 5.74. The highest BCUT2D eigenvalue weighted by Gasteiger charge is 2.23. The Balaban J connectivity index is 3.17. The minimum Gasteiger partial charge on any atom is -0.478 e. The van der Waals surface area contributed by atoms with Gasteiger partial charge in [0.1, 0.15) is 5.56 Å². The van der Waals surface area contributed by atoms with E-state index >= 15 is 0 Å². The highest BCUT2D eigenvalue weighted by atomic mass is 16.4. The second-order valence-corrected chi connectivity index (χ2v) is 4.92. The number of nitrogens with zero attached hydrogens (tertiary/aromatic N) is 2. The lowest BCUT2D eigenvalue weighted by molar-refractivity contribution is 0.0696. The Bertz CT molecular complexity index is 458. The van der Waals surface area contributed by atoms with Gasteiger partial charge in [-0.2, -0.15) is 5.10 Å². The van der Waals surface area contributed by atoms with Crippen molar-refractivity contribution in [1.29, 1.82) is 0 Å². The number of aryl methyl sites for hydroxylation is 1. The molecule has 0 saturated carbocycles. The molecule has 6 heteroatoms. The molecule has 0 aliphatic carbocycles. The summed E-state index contributed by atoms with van der Waals surface area (Å²) >= 11 is 0. The van der Waals surface area contributed by atoms with Gasteiger partial charge < -0.3 is 15.5 Å². The van der Waals surface area contributed by atoms with Crippen molar-refractivity contribution < 1.29 is 15.0 Å². The minimum absolute atomic E-state index is 0.0146. The Morgan fingerprint density at radius 1 is 1.33 bits per heavy atom. The van der Waals surface area contributed by atoms with Crippen LogP contribution < -0.4 is 5.32 Å². The number of rotatable bonds is 5. The SMILES string of the molecule is Cc1nnc(NC(C)(C)CCO)c(C(=O)O)c1C. The van der Waals surface area contributed by atoms with Gasteiger partial charge in [0, 0.05) is 12.1 Å². The number of carbonyl (C=O) groups is 1. The van der Waals surface area contributed by atoms with Gasteiger partial charge in [0.2, 0.25) is 0 Å². The molecular weight excluding hydrogens is 234 g/mol. The Morgan fingerprint density at radius 3 is 2.44 bits per heavy atom. The zero-order valence-electron chi connectivity index (χ0n) is 11.1. The fourth-order valence-electron chi connectivity index (χ4n) is 1.62. The molecule has 0 amide bonds. The molecule has 0 aromatic carbocycles. The van der Waals surface area contributed by atoms with Crippen molar-refractivity contribution in [3.05, 3.63) is 16.8 Å². The van der Waals surface area contributed by atoms with E-state index in [0.717, 1.165) is 0 Å². The molecule has 3 N–H and O–H groups in total. The van der Waals surface area contributed by atoms with Crippen LogP contribution in [0.15, 0.2) is 0 Å². The van der Waals surface area contributed by atoms with Crippen LogP contribution in [0.1, 0.15) is 41.9 Å². The first-order valence-corrected chi connectivity index (χ1v) is 5.74. The van der Waals surface area contributed by atoms with Crippen LogP contribution in [0, 0.1) is 13.8 Å². The molecular formula is C12H19N3O3. The molecule has 0 fully saturated rings. The largest absolute Gasteiger partial charge is 0.478 e. The number of hydrogen-bond donors (Lipinski definition) is 3. The summed E-state index contributed by atoms with van der Waals surface area (Å²) in [7, 11) is 0. The van der Waals surface area contributed by atoms with E-state index in [0.29, 0.717) is 17.7 Å². The number of nitrogens with one attached hydrogen (secondary N) is 1. The molecule has 1 aromatic rings. The fraction of sp³-hybridized carbons (Fsp3) is 0.583. The quantitative estimate of drug-likeness (QED) is 0.733. The maximum atomic E-state index is 11.3. The van der Waals surface area contributed by atoms with Gasteiger partial charge >= 0.3 is 5.97 Å². The summed E-state index contributed by atoms with van der Waals surface area (Å²) in [5, 5.41) is 29.1. The third-order valence-electron chi connectivity index (χ3n) is 2.86. The van der Waals surface area contributed by atoms with E-state index in [1.54, 1.807) is 13.8 Å². The van der Waals surface area contributed by atoms with Crippen LogP contribution in [0.3, 0.4) is 0 Å². The van der Waals surface area contributed by atoms with Gasteiger partial charge in [-0.15, -0.1) is 5.10 Å². The predicted molar refractivity (Wildman–Crippen MR) is 67.9 cm³/mol. The highest BCUT2D eigenvalue weighted by molar-refractivity contribution is 5.94. The maximum absolute atomic E-state index is 11.3. The van der Waals surface area contributed by atoms with Crippen LogP contribution in [0.2, 0.25) is 0 Å². The number of aromatic nitrogens is 2. The van der Waals surface area contributed by atoms with Gasteiger partial charge in [0.25, 0.3) is 0 Å². The topological polar surface area (TPSA) is 95.3 Å². The van der Waals surface area contributed by atoms with Crippen molar-refractivity contribution in [2.75, 3.05) is 11.9 Å². The smallest absolute Gasteiger partial charge is 0.339 e. The van der Waals surface area contributed by atoms with E-state index in [1.165, 1.54) is 0 Å². The van der Waals surface area contributed by atoms with Crippen molar-refractivity contribution >= 4 is 11.8 Å². The van der Waals surface area contributed by atoms with E-state index in [1.807, 2.05) is 13.8 Å². The van der Waals surface area contributed by atoms with Crippen LogP contribution >= 0.6 is 0 Å². The molecule has 100 valence electrons. The Labute approximate surface area is 106 Å². The lowest BCUT2D eigenvalue weighted by atomic mass is 10.0. The van der Waals surface area contributed by atoms with Gasteiger partial charge in [0.05, 0.1) is 5.69 Å². The number of carboxylic acid groups (broad SMARTS) is 1. The Hall–Kier alpha value is -1.69. The first-order chi connectivity index (χ1) is 8.28. The van der Waals surface area contributed by atoms with Gasteiger partial charge in [-0.05, 0) is 39.7 Å². The molecule has 0 radical (unpaired) electrons. The lowest BCUT2D eigenvalue weighted by Crippen LogP contribution is -2.33. The molecule has 18 heavy (non-hydrogen) atoms. The minimum atomic E-state index is -1.03. The number of anilines is 1. The van der Waals surface area contributed by atoms with Crippen molar-refractivity contribution in [1.82, 2.24) is 10.2 Å². The number of hydrogen-bond acceptors (Lipinski definition) is 5. The summed E-state index contributed by atoms with van der Waals surface area (Å²) < 4.78 is 0. The van der Waals surface area contributed by atoms with E-state index in [-0.39, 0.29) is 18.0 Å². The molecule has 0 spiro atoms. The normalized spacial score (nSPS) is 11.4. The average Bonchev–Trinajstić information content (AvgIpc) is 2.22. The van der Waals surface area contributed by atoms with Crippen molar-refractivity contribution in [2.24, 2.45) is 0 Å². The summed E-state index contributed by atoms with van der Waals surface area (Å²) in [6.45, 7) is 7.17.